The Hall–Kier alpha value is -1.10. The van der Waals surface area contributed by atoms with Crippen LogP contribution in [0.4, 0.5) is 0 Å². The van der Waals surface area contributed by atoms with Gasteiger partial charge in [0.15, 0.2) is 0 Å². The zero-order valence-electron chi connectivity index (χ0n) is 12.9. The van der Waals surface area contributed by atoms with Gasteiger partial charge >= 0.3 is 0 Å². The van der Waals surface area contributed by atoms with Crippen LogP contribution in [0.5, 0.6) is 0 Å². The number of likely N-dealkylation sites (N-methyl/N-ethyl adjacent to an activating group) is 2. The molecule has 0 atom stereocenters. The predicted molar refractivity (Wildman–Crippen MR) is 89.3 cm³/mol. The molecule has 0 spiro atoms. The lowest BCUT2D eigenvalue weighted by Gasteiger charge is -2.16. The van der Waals surface area contributed by atoms with Gasteiger partial charge in [0.1, 0.15) is 0 Å². The highest BCUT2D eigenvalue weighted by Crippen LogP contribution is 2.24. The fraction of sp³-hybridized carbons (Fsp3) is 0.562. The Kier molecular flexibility index (Phi) is 7.72. The van der Waals surface area contributed by atoms with Gasteiger partial charge in [0, 0.05) is 24.7 Å². The standard InChI is InChI=1S/C16H25N3O.ClH/c1-17-10-9-13-5-3-4-6-15(13)16(20)18-11-12-19(2)14-7-8-14;/h3-6,14,17H,7-12H2,1-2H3,(H,18,20);1H. The maximum absolute atomic E-state index is 12.2. The van der Waals surface area contributed by atoms with Crippen LogP contribution in [-0.4, -0.2) is 50.6 Å². The molecule has 0 bridgehead atoms. The molecular formula is C16H26ClN3O. The van der Waals surface area contributed by atoms with Gasteiger partial charge in [-0.3, -0.25) is 4.79 Å². The van der Waals surface area contributed by atoms with Gasteiger partial charge in [-0.15, -0.1) is 12.4 Å². The topological polar surface area (TPSA) is 44.4 Å². The van der Waals surface area contributed by atoms with E-state index in [0.717, 1.165) is 36.7 Å². The Balaban J connectivity index is 0.00000220. The van der Waals surface area contributed by atoms with Crippen LogP contribution in [0.3, 0.4) is 0 Å². The fourth-order valence-electron chi connectivity index (χ4n) is 2.36. The van der Waals surface area contributed by atoms with Gasteiger partial charge < -0.3 is 15.5 Å². The third-order valence-corrected chi connectivity index (χ3v) is 3.83. The quantitative estimate of drug-likeness (QED) is 0.768. The third kappa shape index (κ3) is 5.65. The van der Waals surface area contributed by atoms with E-state index in [-0.39, 0.29) is 18.3 Å². The second kappa shape index (κ2) is 9.03. The van der Waals surface area contributed by atoms with Crippen LogP contribution in [0, 0.1) is 0 Å². The maximum atomic E-state index is 12.2. The molecule has 118 valence electrons. The first-order valence-electron chi connectivity index (χ1n) is 7.43. The average Bonchev–Trinajstić information content (AvgIpc) is 3.29. The van der Waals surface area contributed by atoms with Crippen LogP contribution in [0.1, 0.15) is 28.8 Å². The molecule has 0 aliphatic heterocycles. The lowest BCUT2D eigenvalue weighted by molar-refractivity contribution is 0.0948. The summed E-state index contributed by atoms with van der Waals surface area (Å²) in [6.07, 6.45) is 3.48. The van der Waals surface area contributed by atoms with Crippen molar-refractivity contribution in [3.63, 3.8) is 0 Å². The molecule has 1 amide bonds. The van der Waals surface area contributed by atoms with E-state index in [2.05, 4.69) is 22.6 Å². The van der Waals surface area contributed by atoms with Crippen LogP contribution < -0.4 is 10.6 Å². The van der Waals surface area contributed by atoms with Crippen molar-refractivity contribution in [2.24, 2.45) is 0 Å². The summed E-state index contributed by atoms with van der Waals surface area (Å²) >= 11 is 0. The van der Waals surface area contributed by atoms with Crippen LogP contribution in [0.2, 0.25) is 0 Å². The van der Waals surface area contributed by atoms with Gasteiger partial charge in [-0.25, -0.2) is 0 Å². The summed E-state index contributed by atoms with van der Waals surface area (Å²) in [6, 6.07) is 8.60. The Labute approximate surface area is 133 Å². The molecule has 1 aliphatic rings. The molecule has 0 aromatic heterocycles. The van der Waals surface area contributed by atoms with E-state index < -0.39 is 0 Å². The van der Waals surface area contributed by atoms with Crippen molar-refractivity contribution in [3.05, 3.63) is 35.4 Å². The SMILES string of the molecule is CNCCc1ccccc1C(=O)NCCN(C)C1CC1.Cl. The zero-order valence-corrected chi connectivity index (χ0v) is 13.7. The second-order valence-electron chi connectivity index (χ2n) is 5.48. The lowest BCUT2D eigenvalue weighted by atomic mass is 10.0. The summed E-state index contributed by atoms with van der Waals surface area (Å²) in [5.41, 5.74) is 1.91. The number of halogens is 1. The van der Waals surface area contributed by atoms with Gasteiger partial charge in [0.2, 0.25) is 0 Å². The summed E-state index contributed by atoms with van der Waals surface area (Å²) in [5.74, 6) is 0.0425. The van der Waals surface area contributed by atoms with Gasteiger partial charge in [0.05, 0.1) is 0 Å². The van der Waals surface area contributed by atoms with Crippen molar-refractivity contribution < 1.29 is 4.79 Å². The molecule has 1 saturated carbocycles. The van der Waals surface area contributed by atoms with E-state index in [9.17, 15) is 4.79 Å². The first-order chi connectivity index (χ1) is 9.72. The van der Waals surface area contributed by atoms with E-state index in [1.165, 1.54) is 12.8 Å². The van der Waals surface area contributed by atoms with E-state index >= 15 is 0 Å². The summed E-state index contributed by atoms with van der Waals surface area (Å²) in [6.45, 7) is 2.52. The van der Waals surface area contributed by atoms with Crippen molar-refractivity contribution in [2.45, 2.75) is 25.3 Å². The Bertz CT molecular complexity index is 449. The molecule has 0 radical (unpaired) electrons. The zero-order chi connectivity index (χ0) is 14.4. The summed E-state index contributed by atoms with van der Waals surface area (Å²) in [5, 5.41) is 6.15. The number of rotatable bonds is 8. The fourth-order valence-corrected chi connectivity index (χ4v) is 2.36. The number of nitrogens with zero attached hydrogens (tertiary/aromatic N) is 1. The Morgan fingerprint density at radius 1 is 1.29 bits per heavy atom. The van der Waals surface area contributed by atoms with Crippen LogP contribution in [0.25, 0.3) is 0 Å². The molecule has 0 unspecified atom stereocenters. The minimum Gasteiger partial charge on any atom is -0.351 e. The monoisotopic (exact) mass is 311 g/mol. The van der Waals surface area contributed by atoms with E-state index in [0.29, 0.717) is 6.54 Å². The van der Waals surface area contributed by atoms with Crippen molar-refractivity contribution in [2.75, 3.05) is 33.7 Å². The molecule has 1 aromatic rings. The first-order valence-corrected chi connectivity index (χ1v) is 7.43. The first kappa shape index (κ1) is 18.0. The van der Waals surface area contributed by atoms with Gasteiger partial charge in [0.25, 0.3) is 5.91 Å². The molecule has 0 saturated heterocycles. The number of amides is 1. The van der Waals surface area contributed by atoms with Crippen molar-refractivity contribution >= 4 is 18.3 Å². The molecule has 4 nitrogen and oxygen atoms in total. The summed E-state index contributed by atoms with van der Waals surface area (Å²) in [7, 11) is 4.06. The van der Waals surface area contributed by atoms with E-state index in [1.807, 2.05) is 31.3 Å². The molecule has 2 rings (SSSR count). The highest BCUT2D eigenvalue weighted by Gasteiger charge is 2.25. The molecule has 1 aliphatic carbocycles. The van der Waals surface area contributed by atoms with Crippen molar-refractivity contribution in [3.8, 4) is 0 Å². The Morgan fingerprint density at radius 3 is 2.67 bits per heavy atom. The number of nitrogens with one attached hydrogen (secondary N) is 2. The summed E-state index contributed by atoms with van der Waals surface area (Å²) in [4.78, 5) is 14.6. The number of carbonyl (C=O) groups excluding carboxylic acids is 1. The van der Waals surface area contributed by atoms with E-state index in [4.69, 9.17) is 0 Å². The van der Waals surface area contributed by atoms with Crippen LogP contribution >= 0.6 is 12.4 Å². The molecule has 21 heavy (non-hydrogen) atoms. The van der Waals surface area contributed by atoms with E-state index in [1.54, 1.807) is 0 Å². The lowest BCUT2D eigenvalue weighted by Crippen LogP contribution is -2.34. The van der Waals surface area contributed by atoms with Gasteiger partial charge in [-0.05, 0) is 51.5 Å². The smallest absolute Gasteiger partial charge is 0.251 e. The largest absolute Gasteiger partial charge is 0.351 e. The van der Waals surface area contributed by atoms with Gasteiger partial charge in [-0.1, -0.05) is 18.2 Å². The molecule has 1 fully saturated rings. The van der Waals surface area contributed by atoms with Crippen molar-refractivity contribution in [1.29, 1.82) is 0 Å². The highest BCUT2D eigenvalue weighted by molar-refractivity contribution is 5.95. The summed E-state index contributed by atoms with van der Waals surface area (Å²) < 4.78 is 0. The van der Waals surface area contributed by atoms with Crippen molar-refractivity contribution in [1.82, 2.24) is 15.5 Å². The van der Waals surface area contributed by atoms with Crippen LogP contribution in [-0.2, 0) is 6.42 Å². The molecule has 1 aromatic carbocycles. The predicted octanol–water partition coefficient (Wildman–Crippen LogP) is 1.69. The van der Waals surface area contributed by atoms with Crippen LogP contribution in [0.15, 0.2) is 24.3 Å². The Morgan fingerprint density at radius 2 is 2.00 bits per heavy atom. The number of carbonyl (C=O) groups is 1. The maximum Gasteiger partial charge on any atom is 0.251 e. The second-order valence-corrected chi connectivity index (χ2v) is 5.48. The molecule has 0 heterocycles. The molecular weight excluding hydrogens is 286 g/mol. The third-order valence-electron chi connectivity index (χ3n) is 3.83. The normalized spacial score (nSPS) is 13.9. The minimum absolute atomic E-state index is 0. The molecule has 5 heteroatoms. The molecule has 2 N–H and O–H groups in total. The average molecular weight is 312 g/mol. The number of hydrogen-bond acceptors (Lipinski definition) is 3. The number of benzene rings is 1. The van der Waals surface area contributed by atoms with Gasteiger partial charge in [-0.2, -0.15) is 0 Å². The minimum atomic E-state index is 0. The number of hydrogen-bond donors (Lipinski definition) is 2. The highest BCUT2D eigenvalue weighted by atomic mass is 35.5.